The van der Waals surface area contributed by atoms with Gasteiger partial charge in [-0.2, -0.15) is 0 Å². The molecule has 0 radical (unpaired) electrons. The molecule has 0 atom stereocenters. The Morgan fingerprint density at radius 1 is 0.963 bits per heavy atom. The Hall–Kier alpha value is -2.70. The fourth-order valence-electron chi connectivity index (χ4n) is 3.33. The van der Waals surface area contributed by atoms with E-state index in [9.17, 15) is 4.79 Å². The Kier molecular flexibility index (Phi) is 6.57. The molecule has 2 aromatic heterocycles. The van der Waals surface area contributed by atoms with Gasteiger partial charge in [0.15, 0.2) is 0 Å². The van der Waals surface area contributed by atoms with Gasteiger partial charge in [0, 0.05) is 57.9 Å². The molecule has 1 saturated heterocycles. The summed E-state index contributed by atoms with van der Waals surface area (Å²) in [4.78, 5) is 32.2. The van der Waals surface area contributed by atoms with E-state index in [0.29, 0.717) is 5.56 Å². The molecule has 0 N–H and O–H groups in total. The lowest BCUT2D eigenvalue weighted by Crippen LogP contribution is -2.47. The van der Waals surface area contributed by atoms with Gasteiger partial charge in [0.2, 0.25) is 5.95 Å². The van der Waals surface area contributed by atoms with E-state index in [1.165, 1.54) is 0 Å². The van der Waals surface area contributed by atoms with Crippen LogP contribution in [0.1, 0.15) is 37.0 Å². The highest BCUT2D eigenvalue weighted by Gasteiger charge is 2.20. The smallest absolute Gasteiger partial charge is 0.255 e. The van der Waals surface area contributed by atoms with Gasteiger partial charge in [-0.25, -0.2) is 15.0 Å². The maximum Gasteiger partial charge on any atom is 0.255 e. The highest BCUT2D eigenvalue weighted by molar-refractivity contribution is 5.94. The number of piperazine rings is 1. The van der Waals surface area contributed by atoms with Gasteiger partial charge in [-0.3, -0.25) is 4.79 Å². The number of nitrogens with zero attached hydrogens (tertiary/aromatic N) is 6. The molecule has 1 aliphatic heterocycles. The van der Waals surface area contributed by atoms with Gasteiger partial charge in [-0.1, -0.05) is 13.8 Å². The summed E-state index contributed by atoms with van der Waals surface area (Å²) >= 11 is 0. The Labute approximate surface area is 161 Å². The summed E-state index contributed by atoms with van der Waals surface area (Å²) in [5, 5.41) is 0. The lowest BCUT2D eigenvalue weighted by atomic mass is 10.2. The molecule has 2 aromatic rings. The van der Waals surface area contributed by atoms with E-state index in [0.717, 1.165) is 63.9 Å². The van der Waals surface area contributed by atoms with Crippen LogP contribution < -0.4 is 9.80 Å². The third-order valence-corrected chi connectivity index (χ3v) is 4.71. The molecule has 0 aliphatic carbocycles. The summed E-state index contributed by atoms with van der Waals surface area (Å²) in [5.41, 5.74) is 0.664. The highest BCUT2D eigenvalue weighted by atomic mass is 16.2. The molecule has 1 amide bonds. The molecule has 3 heterocycles. The first kappa shape index (κ1) is 19.1. The minimum absolute atomic E-state index is 0.0730. The van der Waals surface area contributed by atoms with Gasteiger partial charge in [-0.05, 0) is 31.0 Å². The van der Waals surface area contributed by atoms with Gasteiger partial charge < -0.3 is 14.7 Å². The number of rotatable bonds is 7. The Bertz CT molecular complexity index is 707. The highest BCUT2D eigenvalue weighted by Crippen LogP contribution is 2.17. The maximum atomic E-state index is 12.7. The number of pyridine rings is 1. The van der Waals surface area contributed by atoms with Crippen LogP contribution in [0.5, 0.6) is 0 Å². The molecule has 7 heteroatoms. The summed E-state index contributed by atoms with van der Waals surface area (Å²) in [6, 6.07) is 5.68. The molecule has 0 unspecified atom stereocenters. The van der Waals surface area contributed by atoms with E-state index in [2.05, 4.69) is 38.6 Å². The Morgan fingerprint density at radius 2 is 1.59 bits per heavy atom. The average molecular weight is 368 g/mol. The minimum Gasteiger partial charge on any atom is -0.353 e. The number of aromatic nitrogens is 3. The van der Waals surface area contributed by atoms with E-state index < -0.39 is 0 Å². The van der Waals surface area contributed by atoms with Gasteiger partial charge in [0.05, 0.1) is 5.56 Å². The predicted molar refractivity (Wildman–Crippen MR) is 107 cm³/mol. The van der Waals surface area contributed by atoms with Gasteiger partial charge in [0.25, 0.3) is 5.91 Å². The number of anilines is 2. The molecular weight excluding hydrogens is 340 g/mol. The summed E-state index contributed by atoms with van der Waals surface area (Å²) < 4.78 is 0. The predicted octanol–water partition coefficient (Wildman–Crippen LogP) is 2.46. The average Bonchev–Trinajstić information content (AvgIpc) is 2.74. The molecule has 0 bridgehead atoms. The van der Waals surface area contributed by atoms with Crippen molar-refractivity contribution >= 4 is 17.7 Å². The summed E-state index contributed by atoms with van der Waals surface area (Å²) in [7, 11) is 0. The Balaban J connectivity index is 1.60. The molecule has 1 aliphatic rings. The van der Waals surface area contributed by atoms with Crippen LogP contribution in [0.15, 0.2) is 36.8 Å². The fraction of sp³-hybridized carbons (Fsp3) is 0.500. The molecule has 0 spiro atoms. The summed E-state index contributed by atoms with van der Waals surface area (Å²) in [6.07, 6.45) is 7.18. The third kappa shape index (κ3) is 4.72. The van der Waals surface area contributed by atoms with Crippen molar-refractivity contribution in [3.8, 4) is 0 Å². The van der Waals surface area contributed by atoms with E-state index in [1.54, 1.807) is 18.6 Å². The third-order valence-electron chi connectivity index (χ3n) is 4.71. The summed E-state index contributed by atoms with van der Waals surface area (Å²) in [5.74, 6) is 1.76. The second kappa shape index (κ2) is 9.30. The van der Waals surface area contributed by atoms with Gasteiger partial charge in [-0.15, -0.1) is 0 Å². The molecule has 0 saturated carbocycles. The van der Waals surface area contributed by atoms with Crippen molar-refractivity contribution in [3.05, 3.63) is 42.4 Å². The van der Waals surface area contributed by atoms with Crippen LogP contribution in [-0.4, -0.2) is 65.0 Å². The largest absolute Gasteiger partial charge is 0.353 e. The van der Waals surface area contributed by atoms with Gasteiger partial charge >= 0.3 is 0 Å². The molecule has 7 nitrogen and oxygen atoms in total. The second-order valence-corrected chi connectivity index (χ2v) is 6.72. The maximum absolute atomic E-state index is 12.7. The van der Waals surface area contributed by atoms with Crippen molar-refractivity contribution in [2.75, 3.05) is 49.1 Å². The van der Waals surface area contributed by atoms with Crippen LogP contribution in [0.3, 0.4) is 0 Å². The van der Waals surface area contributed by atoms with Crippen molar-refractivity contribution in [2.24, 2.45) is 0 Å². The number of amides is 1. The fourth-order valence-corrected chi connectivity index (χ4v) is 3.33. The molecule has 3 rings (SSSR count). The van der Waals surface area contributed by atoms with Crippen LogP contribution in [0, 0.1) is 0 Å². The second-order valence-electron chi connectivity index (χ2n) is 6.72. The van der Waals surface area contributed by atoms with Crippen molar-refractivity contribution in [1.82, 2.24) is 19.9 Å². The molecule has 0 aromatic carbocycles. The van der Waals surface area contributed by atoms with Crippen LogP contribution in [0.25, 0.3) is 0 Å². The molecular formula is C20H28N6O. The lowest BCUT2D eigenvalue weighted by Gasteiger charge is -2.35. The lowest BCUT2D eigenvalue weighted by molar-refractivity contribution is 0.0755. The Morgan fingerprint density at radius 3 is 2.15 bits per heavy atom. The topological polar surface area (TPSA) is 65.5 Å². The zero-order chi connectivity index (χ0) is 19.1. The van der Waals surface area contributed by atoms with Crippen LogP contribution >= 0.6 is 0 Å². The van der Waals surface area contributed by atoms with Crippen molar-refractivity contribution in [1.29, 1.82) is 0 Å². The SMILES string of the molecule is CCCN(CCC)C(=O)c1ccc(N2CCN(c3ncccn3)CC2)nc1. The standard InChI is InChI=1S/C20H28N6O/c1-3-10-25(11-4-2)19(27)17-6-7-18(23-16-17)24-12-14-26(15-13-24)20-21-8-5-9-22-20/h5-9,16H,3-4,10-15H2,1-2H3. The van der Waals surface area contributed by atoms with Crippen molar-refractivity contribution in [3.63, 3.8) is 0 Å². The first-order chi connectivity index (χ1) is 13.2. The molecule has 27 heavy (non-hydrogen) atoms. The number of hydrogen-bond acceptors (Lipinski definition) is 6. The summed E-state index contributed by atoms with van der Waals surface area (Å²) in [6.45, 7) is 9.19. The van der Waals surface area contributed by atoms with Crippen LogP contribution in [0.4, 0.5) is 11.8 Å². The monoisotopic (exact) mass is 368 g/mol. The van der Waals surface area contributed by atoms with Crippen LogP contribution in [0.2, 0.25) is 0 Å². The zero-order valence-corrected chi connectivity index (χ0v) is 16.2. The first-order valence-electron chi connectivity index (χ1n) is 9.75. The van der Waals surface area contributed by atoms with E-state index in [1.807, 2.05) is 23.1 Å². The number of carbonyl (C=O) groups excluding carboxylic acids is 1. The van der Waals surface area contributed by atoms with E-state index in [4.69, 9.17) is 0 Å². The number of carbonyl (C=O) groups is 1. The molecule has 1 fully saturated rings. The van der Waals surface area contributed by atoms with Crippen molar-refractivity contribution < 1.29 is 4.79 Å². The molecule has 144 valence electrons. The quantitative estimate of drug-likeness (QED) is 0.748. The number of hydrogen-bond donors (Lipinski definition) is 0. The van der Waals surface area contributed by atoms with Gasteiger partial charge in [0.1, 0.15) is 5.82 Å². The van der Waals surface area contributed by atoms with E-state index >= 15 is 0 Å². The van der Waals surface area contributed by atoms with Crippen LogP contribution in [-0.2, 0) is 0 Å². The van der Waals surface area contributed by atoms with Crippen molar-refractivity contribution in [2.45, 2.75) is 26.7 Å². The minimum atomic E-state index is 0.0730. The van der Waals surface area contributed by atoms with E-state index in [-0.39, 0.29) is 5.91 Å². The first-order valence-corrected chi connectivity index (χ1v) is 9.75. The zero-order valence-electron chi connectivity index (χ0n) is 16.2. The normalized spacial score (nSPS) is 14.3.